The molecule has 0 aromatic heterocycles. The van der Waals surface area contributed by atoms with Crippen molar-refractivity contribution in [2.24, 2.45) is 5.92 Å². The third kappa shape index (κ3) is 2.88. The van der Waals surface area contributed by atoms with Gasteiger partial charge in [0.05, 0.1) is 0 Å². The van der Waals surface area contributed by atoms with Crippen LogP contribution in [0.5, 0.6) is 0 Å². The van der Waals surface area contributed by atoms with Gasteiger partial charge >= 0.3 is 0 Å². The molecule has 2 rings (SSSR count). The second kappa shape index (κ2) is 6.13. The number of rotatable bonds is 3. The van der Waals surface area contributed by atoms with E-state index in [9.17, 15) is 4.79 Å². The Bertz CT molecular complexity index is 524. The number of nitrogens with one attached hydrogen (secondary N) is 2. The zero-order valence-corrected chi connectivity index (χ0v) is 12.2. The number of nitrogen functional groups attached to an aromatic ring is 1. The maximum Gasteiger partial charge on any atom is 0.222 e. The lowest BCUT2D eigenvalue weighted by atomic mass is 9.95. The number of benzene rings is 1. The topological polar surface area (TPSA) is 82.2 Å². The molecule has 0 saturated carbocycles. The van der Waals surface area contributed by atoms with Crippen LogP contribution in [0.15, 0.2) is 12.1 Å². The minimum atomic E-state index is 0.0659. The summed E-state index contributed by atoms with van der Waals surface area (Å²) in [6, 6.07) is 3.49. The predicted molar refractivity (Wildman–Crippen MR) is 82.8 cm³/mol. The van der Waals surface area contributed by atoms with Crippen LogP contribution < -0.4 is 16.0 Å². The maximum atomic E-state index is 11.6. The standard InChI is InChI=1S/C14H19ClN4O/c1-18-14(20)9-2-4-19(5-3-9)13-7-10(15)6-12(17)11(13)8-16/h6-9,16H,2-5,17H2,1H3,(H,18,20). The van der Waals surface area contributed by atoms with Crippen LogP contribution in [0.3, 0.4) is 0 Å². The molecule has 1 aliphatic rings. The summed E-state index contributed by atoms with van der Waals surface area (Å²) in [6.07, 6.45) is 2.85. The molecule has 1 aromatic carbocycles. The molecule has 1 heterocycles. The normalized spacial score (nSPS) is 16.0. The molecule has 1 fully saturated rings. The number of anilines is 2. The third-order valence-corrected chi connectivity index (χ3v) is 3.97. The van der Waals surface area contributed by atoms with Crippen molar-refractivity contribution >= 4 is 35.1 Å². The number of halogens is 1. The molecular weight excluding hydrogens is 276 g/mol. The highest BCUT2D eigenvalue weighted by molar-refractivity contribution is 6.31. The number of hydrogen-bond donors (Lipinski definition) is 3. The fourth-order valence-corrected chi connectivity index (χ4v) is 2.85. The number of amides is 1. The number of nitrogens with zero attached hydrogens (tertiary/aromatic N) is 1. The van der Waals surface area contributed by atoms with E-state index in [2.05, 4.69) is 10.2 Å². The fourth-order valence-electron chi connectivity index (χ4n) is 2.63. The van der Waals surface area contributed by atoms with Crippen molar-refractivity contribution in [1.82, 2.24) is 5.32 Å². The summed E-state index contributed by atoms with van der Waals surface area (Å²) in [5.74, 6) is 0.166. The molecule has 1 amide bonds. The summed E-state index contributed by atoms with van der Waals surface area (Å²) in [5, 5.41) is 10.8. The van der Waals surface area contributed by atoms with Crippen molar-refractivity contribution in [2.75, 3.05) is 30.8 Å². The van der Waals surface area contributed by atoms with Crippen LogP contribution in [0.4, 0.5) is 11.4 Å². The highest BCUT2D eigenvalue weighted by Crippen LogP contribution is 2.31. The van der Waals surface area contributed by atoms with Crippen molar-refractivity contribution in [3.63, 3.8) is 0 Å². The van der Waals surface area contributed by atoms with Crippen LogP contribution >= 0.6 is 11.6 Å². The number of hydrogen-bond acceptors (Lipinski definition) is 4. The van der Waals surface area contributed by atoms with Crippen LogP contribution in [-0.2, 0) is 4.79 Å². The predicted octanol–water partition coefficient (Wildman–Crippen LogP) is 1.88. The number of nitrogens with two attached hydrogens (primary N) is 1. The van der Waals surface area contributed by atoms with E-state index in [4.69, 9.17) is 22.7 Å². The van der Waals surface area contributed by atoms with E-state index in [-0.39, 0.29) is 11.8 Å². The molecule has 6 heteroatoms. The molecule has 0 radical (unpaired) electrons. The lowest BCUT2D eigenvalue weighted by molar-refractivity contribution is -0.125. The highest BCUT2D eigenvalue weighted by atomic mass is 35.5. The van der Waals surface area contributed by atoms with E-state index < -0.39 is 0 Å². The quantitative estimate of drug-likeness (QED) is 0.588. The molecule has 0 spiro atoms. The largest absolute Gasteiger partial charge is 0.398 e. The molecule has 5 nitrogen and oxygen atoms in total. The molecule has 0 unspecified atom stereocenters. The molecule has 4 N–H and O–H groups in total. The van der Waals surface area contributed by atoms with Gasteiger partial charge in [-0.05, 0) is 25.0 Å². The van der Waals surface area contributed by atoms with Crippen LogP contribution in [-0.4, -0.2) is 32.3 Å². The smallest absolute Gasteiger partial charge is 0.222 e. The molecule has 0 bridgehead atoms. The summed E-state index contributed by atoms with van der Waals surface area (Å²) in [4.78, 5) is 13.8. The van der Waals surface area contributed by atoms with Crippen LogP contribution in [0.2, 0.25) is 5.02 Å². The Kier molecular flexibility index (Phi) is 4.49. The van der Waals surface area contributed by atoms with Crippen molar-refractivity contribution in [2.45, 2.75) is 12.8 Å². The van der Waals surface area contributed by atoms with E-state index in [1.54, 1.807) is 13.1 Å². The van der Waals surface area contributed by atoms with Gasteiger partial charge in [0.1, 0.15) is 0 Å². The monoisotopic (exact) mass is 294 g/mol. The summed E-state index contributed by atoms with van der Waals surface area (Å²) >= 11 is 6.05. The average molecular weight is 295 g/mol. The number of carbonyl (C=O) groups is 1. The Morgan fingerprint density at radius 3 is 2.70 bits per heavy atom. The van der Waals surface area contributed by atoms with Crippen molar-refractivity contribution in [1.29, 1.82) is 5.41 Å². The highest BCUT2D eigenvalue weighted by Gasteiger charge is 2.25. The van der Waals surface area contributed by atoms with Crippen LogP contribution in [0.25, 0.3) is 0 Å². The molecule has 0 atom stereocenters. The van der Waals surface area contributed by atoms with E-state index >= 15 is 0 Å². The van der Waals surface area contributed by atoms with Crippen LogP contribution in [0.1, 0.15) is 18.4 Å². The number of carbonyl (C=O) groups excluding carboxylic acids is 1. The molecule has 20 heavy (non-hydrogen) atoms. The molecule has 1 aromatic rings. The van der Waals surface area contributed by atoms with Gasteiger partial charge in [-0.25, -0.2) is 0 Å². The summed E-state index contributed by atoms with van der Waals surface area (Å²) < 4.78 is 0. The summed E-state index contributed by atoms with van der Waals surface area (Å²) in [7, 11) is 1.67. The van der Waals surface area contributed by atoms with Gasteiger partial charge in [-0.3, -0.25) is 4.79 Å². The molecule has 1 saturated heterocycles. The van der Waals surface area contributed by atoms with Gasteiger partial charge in [0.2, 0.25) is 5.91 Å². The van der Waals surface area contributed by atoms with E-state index in [0.29, 0.717) is 16.3 Å². The van der Waals surface area contributed by atoms with Gasteiger partial charge in [0, 0.05) is 54.2 Å². The zero-order valence-electron chi connectivity index (χ0n) is 11.4. The van der Waals surface area contributed by atoms with Gasteiger partial charge in [-0.1, -0.05) is 11.6 Å². The molecular formula is C14H19ClN4O. The maximum absolute atomic E-state index is 11.6. The van der Waals surface area contributed by atoms with Crippen LogP contribution in [0, 0.1) is 11.3 Å². The van der Waals surface area contributed by atoms with Gasteiger partial charge in [0.25, 0.3) is 0 Å². The SMILES string of the molecule is CNC(=O)C1CCN(c2cc(Cl)cc(N)c2C=N)CC1. The lowest BCUT2D eigenvalue weighted by Gasteiger charge is -2.34. The van der Waals surface area contributed by atoms with E-state index in [1.165, 1.54) is 6.21 Å². The zero-order chi connectivity index (χ0) is 14.7. The Balaban J connectivity index is 2.18. The first-order valence-electron chi connectivity index (χ1n) is 6.63. The summed E-state index contributed by atoms with van der Waals surface area (Å²) in [5.41, 5.74) is 7.98. The second-order valence-corrected chi connectivity index (χ2v) is 5.38. The van der Waals surface area contributed by atoms with Crippen molar-refractivity contribution in [3.05, 3.63) is 22.7 Å². The fraction of sp³-hybridized carbons (Fsp3) is 0.429. The lowest BCUT2D eigenvalue weighted by Crippen LogP contribution is -2.40. The molecule has 108 valence electrons. The molecule has 1 aliphatic heterocycles. The first-order chi connectivity index (χ1) is 9.56. The van der Waals surface area contributed by atoms with Crippen molar-refractivity contribution < 1.29 is 4.79 Å². The minimum absolute atomic E-state index is 0.0659. The van der Waals surface area contributed by atoms with Gasteiger partial charge in [-0.2, -0.15) is 0 Å². The first kappa shape index (κ1) is 14.7. The minimum Gasteiger partial charge on any atom is -0.398 e. The number of piperidine rings is 1. The Morgan fingerprint density at radius 1 is 1.50 bits per heavy atom. The van der Waals surface area contributed by atoms with Crippen molar-refractivity contribution in [3.8, 4) is 0 Å². The van der Waals surface area contributed by atoms with E-state index in [1.807, 2.05) is 6.07 Å². The van der Waals surface area contributed by atoms with E-state index in [0.717, 1.165) is 31.6 Å². The summed E-state index contributed by atoms with van der Waals surface area (Å²) in [6.45, 7) is 1.53. The first-order valence-corrected chi connectivity index (χ1v) is 7.00. The Hall–Kier alpha value is -1.75. The van der Waals surface area contributed by atoms with Gasteiger partial charge in [0.15, 0.2) is 0 Å². The van der Waals surface area contributed by atoms with Gasteiger partial charge < -0.3 is 21.4 Å². The average Bonchev–Trinajstić information content (AvgIpc) is 2.46. The molecule has 0 aliphatic carbocycles. The Morgan fingerprint density at radius 2 is 2.15 bits per heavy atom. The van der Waals surface area contributed by atoms with Gasteiger partial charge in [-0.15, -0.1) is 0 Å². The second-order valence-electron chi connectivity index (χ2n) is 4.95. The Labute approximate surface area is 123 Å². The third-order valence-electron chi connectivity index (χ3n) is 3.75.